The Morgan fingerprint density at radius 1 is 1.36 bits per heavy atom. The van der Waals surface area contributed by atoms with Gasteiger partial charge in [-0.1, -0.05) is 12.1 Å². The maximum absolute atomic E-state index is 11.0. The number of anilines is 1. The lowest BCUT2D eigenvalue weighted by molar-refractivity contribution is -0.384. The lowest BCUT2D eigenvalue weighted by Gasteiger charge is -2.21. The first-order valence-electron chi connectivity index (χ1n) is 8.67. The van der Waals surface area contributed by atoms with Crippen molar-refractivity contribution in [3.8, 4) is 0 Å². The van der Waals surface area contributed by atoms with Crippen molar-refractivity contribution in [2.45, 2.75) is 32.3 Å². The number of nitrogens with one attached hydrogen (secondary N) is 3. The molecule has 2 rings (SSSR count). The summed E-state index contributed by atoms with van der Waals surface area (Å²) in [5.74, 6) is 0.726. The zero-order chi connectivity index (χ0) is 18.1. The van der Waals surface area contributed by atoms with E-state index in [4.69, 9.17) is 4.74 Å². The number of hydrogen-bond acceptors (Lipinski definition) is 5. The van der Waals surface area contributed by atoms with Gasteiger partial charge in [0.2, 0.25) is 0 Å². The van der Waals surface area contributed by atoms with E-state index in [1.165, 1.54) is 6.07 Å². The van der Waals surface area contributed by atoms with Gasteiger partial charge >= 0.3 is 0 Å². The van der Waals surface area contributed by atoms with Crippen molar-refractivity contribution >= 4 is 17.3 Å². The summed E-state index contributed by atoms with van der Waals surface area (Å²) in [6.07, 6.45) is 2.10. The monoisotopic (exact) mass is 349 g/mol. The lowest BCUT2D eigenvalue weighted by Crippen LogP contribution is -2.41. The van der Waals surface area contributed by atoms with Gasteiger partial charge < -0.3 is 20.7 Å². The van der Waals surface area contributed by atoms with Crippen molar-refractivity contribution in [1.82, 2.24) is 10.6 Å². The zero-order valence-corrected chi connectivity index (χ0v) is 14.9. The van der Waals surface area contributed by atoms with Gasteiger partial charge in [-0.25, -0.2) is 0 Å². The summed E-state index contributed by atoms with van der Waals surface area (Å²) in [5, 5.41) is 20.5. The fourth-order valence-corrected chi connectivity index (χ4v) is 2.71. The van der Waals surface area contributed by atoms with Crippen LogP contribution >= 0.6 is 0 Å². The van der Waals surface area contributed by atoms with Gasteiger partial charge in [0.25, 0.3) is 5.69 Å². The molecule has 1 atom stereocenters. The Morgan fingerprint density at radius 2 is 2.16 bits per heavy atom. The summed E-state index contributed by atoms with van der Waals surface area (Å²) in [5.41, 5.74) is 0.420. The number of para-hydroxylation sites is 2. The number of nitro benzene ring substituents is 1. The summed E-state index contributed by atoms with van der Waals surface area (Å²) in [7, 11) is 0. The van der Waals surface area contributed by atoms with E-state index in [0.717, 1.165) is 32.0 Å². The van der Waals surface area contributed by atoms with Crippen LogP contribution < -0.4 is 16.0 Å². The maximum atomic E-state index is 11.0. The molecule has 1 unspecified atom stereocenters. The van der Waals surface area contributed by atoms with Crippen LogP contribution in [0.4, 0.5) is 11.4 Å². The number of nitro groups is 1. The van der Waals surface area contributed by atoms with Crippen LogP contribution in [0.1, 0.15) is 26.7 Å². The minimum absolute atomic E-state index is 0.0781. The van der Waals surface area contributed by atoms with Crippen LogP contribution in [0, 0.1) is 10.1 Å². The molecule has 0 amide bonds. The second-order valence-corrected chi connectivity index (χ2v) is 6.22. The standard InChI is InChI=1S/C17H27N5O3/c1-3-18-16(21-13-17(2)9-6-12-25-17)20-11-10-19-14-7-4-5-8-15(14)22(23)24/h4-5,7-8,19H,3,6,9-13H2,1-2H3,(H2,18,20,21). The highest BCUT2D eigenvalue weighted by Crippen LogP contribution is 2.25. The van der Waals surface area contributed by atoms with E-state index >= 15 is 0 Å². The summed E-state index contributed by atoms with van der Waals surface area (Å²) in [6, 6.07) is 6.62. The molecular formula is C17H27N5O3. The second kappa shape index (κ2) is 9.22. The predicted octanol–water partition coefficient (Wildman–Crippen LogP) is 2.13. The maximum Gasteiger partial charge on any atom is 0.292 e. The van der Waals surface area contributed by atoms with Crippen LogP contribution in [0.15, 0.2) is 29.3 Å². The molecule has 1 aliphatic rings. The van der Waals surface area contributed by atoms with Crippen molar-refractivity contribution in [2.75, 3.05) is 38.1 Å². The largest absolute Gasteiger partial charge is 0.378 e. The van der Waals surface area contributed by atoms with E-state index in [9.17, 15) is 10.1 Å². The van der Waals surface area contributed by atoms with Gasteiger partial charge in [-0.3, -0.25) is 15.1 Å². The van der Waals surface area contributed by atoms with E-state index in [1.54, 1.807) is 18.2 Å². The molecule has 8 nitrogen and oxygen atoms in total. The van der Waals surface area contributed by atoms with Crippen molar-refractivity contribution in [1.29, 1.82) is 0 Å². The van der Waals surface area contributed by atoms with Gasteiger partial charge in [-0.2, -0.15) is 0 Å². The number of hydrogen-bond donors (Lipinski definition) is 3. The van der Waals surface area contributed by atoms with E-state index in [2.05, 4.69) is 27.9 Å². The minimum atomic E-state index is -0.385. The van der Waals surface area contributed by atoms with Crippen LogP contribution in [0.2, 0.25) is 0 Å². The first-order chi connectivity index (χ1) is 12.0. The van der Waals surface area contributed by atoms with Crippen LogP contribution in [0.3, 0.4) is 0 Å². The fraction of sp³-hybridized carbons (Fsp3) is 0.588. The summed E-state index contributed by atoms with van der Waals surface area (Å²) in [4.78, 5) is 15.2. The average Bonchev–Trinajstić information content (AvgIpc) is 3.03. The smallest absolute Gasteiger partial charge is 0.292 e. The SMILES string of the molecule is CCNC(=NCC1(C)CCCO1)NCCNc1ccccc1[N+](=O)[O-]. The molecule has 0 aliphatic carbocycles. The average molecular weight is 349 g/mol. The quantitative estimate of drug-likeness (QED) is 0.218. The van der Waals surface area contributed by atoms with Gasteiger partial charge in [0.05, 0.1) is 17.1 Å². The molecule has 138 valence electrons. The first kappa shape index (κ1) is 19.0. The number of benzene rings is 1. The van der Waals surface area contributed by atoms with Crippen molar-refractivity contribution < 1.29 is 9.66 Å². The molecule has 0 saturated carbocycles. The summed E-state index contributed by atoms with van der Waals surface area (Å²) in [6.45, 7) is 7.41. The minimum Gasteiger partial charge on any atom is -0.378 e. The number of ether oxygens (including phenoxy) is 1. The topological polar surface area (TPSA) is 101 Å². The van der Waals surface area contributed by atoms with Crippen molar-refractivity contribution in [3.63, 3.8) is 0 Å². The molecular weight excluding hydrogens is 322 g/mol. The molecule has 0 bridgehead atoms. The molecule has 25 heavy (non-hydrogen) atoms. The van der Waals surface area contributed by atoms with Gasteiger partial charge in [0.1, 0.15) is 5.69 Å². The molecule has 3 N–H and O–H groups in total. The van der Waals surface area contributed by atoms with Crippen LogP contribution in [-0.4, -0.2) is 49.3 Å². The molecule has 1 aliphatic heterocycles. The van der Waals surface area contributed by atoms with E-state index in [1.807, 2.05) is 6.92 Å². The Balaban J connectivity index is 1.82. The number of aliphatic imine (C=N–C) groups is 1. The third-order valence-corrected chi connectivity index (χ3v) is 4.05. The summed E-state index contributed by atoms with van der Waals surface area (Å²) >= 11 is 0. The highest BCUT2D eigenvalue weighted by molar-refractivity contribution is 5.79. The second-order valence-electron chi connectivity index (χ2n) is 6.22. The molecule has 1 saturated heterocycles. The van der Waals surface area contributed by atoms with Gasteiger partial charge in [-0.05, 0) is 32.8 Å². The van der Waals surface area contributed by atoms with Crippen LogP contribution in [-0.2, 0) is 4.74 Å². The Morgan fingerprint density at radius 3 is 2.84 bits per heavy atom. The predicted molar refractivity (Wildman–Crippen MR) is 99.2 cm³/mol. The highest BCUT2D eigenvalue weighted by atomic mass is 16.6. The van der Waals surface area contributed by atoms with Gasteiger partial charge in [0.15, 0.2) is 5.96 Å². The molecule has 0 aromatic heterocycles. The molecule has 1 fully saturated rings. The molecule has 0 radical (unpaired) electrons. The normalized spacial score (nSPS) is 20.3. The zero-order valence-electron chi connectivity index (χ0n) is 14.9. The molecule has 1 aromatic rings. The Hall–Kier alpha value is -2.35. The van der Waals surface area contributed by atoms with Crippen LogP contribution in [0.5, 0.6) is 0 Å². The first-order valence-corrected chi connectivity index (χ1v) is 8.67. The third kappa shape index (κ3) is 5.90. The van der Waals surface area contributed by atoms with Gasteiger partial charge in [-0.15, -0.1) is 0 Å². The number of guanidine groups is 1. The fourth-order valence-electron chi connectivity index (χ4n) is 2.71. The molecule has 1 aromatic carbocycles. The van der Waals surface area contributed by atoms with Gasteiger partial charge in [0, 0.05) is 32.3 Å². The summed E-state index contributed by atoms with van der Waals surface area (Å²) < 4.78 is 5.75. The molecule has 0 spiro atoms. The molecule has 8 heteroatoms. The third-order valence-electron chi connectivity index (χ3n) is 4.05. The van der Waals surface area contributed by atoms with E-state index in [0.29, 0.717) is 25.3 Å². The van der Waals surface area contributed by atoms with Crippen LogP contribution in [0.25, 0.3) is 0 Å². The highest BCUT2D eigenvalue weighted by Gasteiger charge is 2.29. The Labute approximate surface area is 148 Å². The van der Waals surface area contributed by atoms with Crippen molar-refractivity contribution in [2.24, 2.45) is 4.99 Å². The lowest BCUT2D eigenvalue weighted by atomic mass is 10.0. The molecule has 1 heterocycles. The number of rotatable bonds is 8. The Bertz CT molecular complexity index is 600. The Kier molecular flexibility index (Phi) is 7.00. The van der Waals surface area contributed by atoms with Crippen molar-refractivity contribution in [3.05, 3.63) is 34.4 Å². The number of nitrogens with zero attached hydrogens (tertiary/aromatic N) is 2. The van der Waals surface area contributed by atoms with E-state index < -0.39 is 0 Å². The van der Waals surface area contributed by atoms with E-state index in [-0.39, 0.29) is 16.2 Å².